The molecule has 2 aromatic rings. The molecule has 0 amide bonds. The third-order valence-corrected chi connectivity index (χ3v) is 10.6. The molecule has 2 aliphatic carbocycles. The number of anilines is 1. The molecular formula is C24H36N4O2S2. The molecule has 3 heterocycles. The summed E-state index contributed by atoms with van der Waals surface area (Å²) in [4.78, 5) is 15.4. The lowest BCUT2D eigenvalue weighted by Crippen LogP contribution is -2.49. The zero-order valence-corrected chi connectivity index (χ0v) is 20.9. The summed E-state index contributed by atoms with van der Waals surface area (Å²) in [5.74, 6) is 2.86. The Hall–Kier alpha value is -1.25. The first kappa shape index (κ1) is 22.5. The van der Waals surface area contributed by atoms with Crippen molar-refractivity contribution in [3.05, 3.63) is 16.3 Å². The lowest BCUT2D eigenvalue weighted by atomic mass is 9.88. The standard InChI is InChI=1S/C24H36N4O2S2/c1-2-3-17-32(29,30)28-15-13-27(14-16-28)23-21-19-11-7-8-12-20(19)31-24(21)26-22(25-23)18-9-5-4-6-10-18/h18H,2-17H2,1H3. The summed E-state index contributed by atoms with van der Waals surface area (Å²) in [5.41, 5.74) is 1.47. The van der Waals surface area contributed by atoms with Crippen LogP contribution in [0.3, 0.4) is 0 Å². The van der Waals surface area contributed by atoms with Gasteiger partial charge in [-0.2, -0.15) is 4.31 Å². The van der Waals surface area contributed by atoms with Crippen LogP contribution in [0.5, 0.6) is 0 Å². The zero-order chi connectivity index (χ0) is 22.1. The molecule has 0 aromatic carbocycles. The van der Waals surface area contributed by atoms with Crippen molar-refractivity contribution in [2.45, 2.75) is 83.5 Å². The molecule has 3 aliphatic rings. The number of unbranched alkanes of at least 4 members (excludes halogenated alkanes) is 1. The largest absolute Gasteiger partial charge is 0.353 e. The Kier molecular flexibility index (Phi) is 6.72. The first-order chi connectivity index (χ1) is 15.6. The molecule has 0 unspecified atom stereocenters. The lowest BCUT2D eigenvalue weighted by molar-refractivity contribution is 0.382. The maximum Gasteiger partial charge on any atom is 0.214 e. The SMILES string of the molecule is CCCCS(=O)(=O)N1CCN(c2nc(C3CCCCC3)nc3sc4c(c23)CCCC4)CC1. The number of rotatable bonds is 6. The minimum atomic E-state index is -3.15. The number of sulfonamides is 1. The Labute approximate surface area is 196 Å². The van der Waals surface area contributed by atoms with Gasteiger partial charge in [0.15, 0.2) is 0 Å². The number of fused-ring (bicyclic) bond motifs is 3. The van der Waals surface area contributed by atoms with Gasteiger partial charge in [-0.15, -0.1) is 11.3 Å². The fraction of sp³-hybridized carbons (Fsp3) is 0.750. The van der Waals surface area contributed by atoms with Crippen molar-refractivity contribution < 1.29 is 8.42 Å². The van der Waals surface area contributed by atoms with Gasteiger partial charge in [-0.3, -0.25) is 0 Å². The van der Waals surface area contributed by atoms with E-state index in [0.29, 0.717) is 32.1 Å². The number of nitrogens with zero attached hydrogens (tertiary/aromatic N) is 4. The van der Waals surface area contributed by atoms with E-state index >= 15 is 0 Å². The number of thiophene rings is 1. The minimum absolute atomic E-state index is 0.269. The Balaban J connectivity index is 1.46. The molecule has 2 aromatic heterocycles. The molecule has 0 spiro atoms. The molecule has 0 atom stereocenters. The molecule has 0 N–H and O–H groups in total. The normalized spacial score (nSPS) is 21.2. The summed E-state index contributed by atoms with van der Waals surface area (Å²) in [6.07, 6.45) is 12.7. The van der Waals surface area contributed by atoms with E-state index < -0.39 is 10.0 Å². The van der Waals surface area contributed by atoms with Crippen LogP contribution in [0.15, 0.2) is 0 Å². The molecule has 32 heavy (non-hydrogen) atoms. The van der Waals surface area contributed by atoms with Gasteiger partial charge in [-0.05, 0) is 50.5 Å². The quantitative estimate of drug-likeness (QED) is 0.595. The zero-order valence-electron chi connectivity index (χ0n) is 19.3. The van der Waals surface area contributed by atoms with E-state index in [1.807, 2.05) is 18.3 Å². The van der Waals surface area contributed by atoms with Crippen LogP contribution in [0.25, 0.3) is 10.2 Å². The summed E-state index contributed by atoms with van der Waals surface area (Å²) in [6.45, 7) is 4.59. The second-order valence-corrected chi connectivity index (χ2v) is 12.9. The Bertz CT molecular complexity index is 1050. The highest BCUT2D eigenvalue weighted by molar-refractivity contribution is 7.89. The third kappa shape index (κ3) is 4.42. The highest BCUT2D eigenvalue weighted by Crippen LogP contribution is 2.42. The van der Waals surface area contributed by atoms with Gasteiger partial charge in [0.05, 0.1) is 11.1 Å². The van der Waals surface area contributed by atoms with Crippen molar-refractivity contribution >= 4 is 37.4 Å². The van der Waals surface area contributed by atoms with Crippen LogP contribution in [0.1, 0.15) is 86.9 Å². The van der Waals surface area contributed by atoms with Gasteiger partial charge in [0, 0.05) is 37.0 Å². The van der Waals surface area contributed by atoms with E-state index in [4.69, 9.17) is 9.97 Å². The summed E-state index contributed by atoms with van der Waals surface area (Å²) in [6, 6.07) is 0. The average Bonchev–Trinajstić information content (AvgIpc) is 3.21. The van der Waals surface area contributed by atoms with E-state index in [1.165, 1.54) is 65.6 Å². The van der Waals surface area contributed by atoms with Gasteiger partial charge in [0.2, 0.25) is 10.0 Å². The second-order valence-electron chi connectivity index (χ2n) is 9.69. The van der Waals surface area contributed by atoms with Gasteiger partial charge >= 0.3 is 0 Å². The number of aryl methyl sites for hydroxylation is 2. The highest BCUT2D eigenvalue weighted by Gasteiger charge is 2.31. The maximum atomic E-state index is 12.7. The van der Waals surface area contributed by atoms with Crippen molar-refractivity contribution in [1.29, 1.82) is 0 Å². The molecule has 1 aliphatic heterocycles. The van der Waals surface area contributed by atoms with Crippen molar-refractivity contribution in [3.8, 4) is 0 Å². The smallest absolute Gasteiger partial charge is 0.214 e. The molecule has 5 rings (SSSR count). The maximum absolute atomic E-state index is 12.7. The van der Waals surface area contributed by atoms with Crippen LogP contribution < -0.4 is 4.90 Å². The van der Waals surface area contributed by atoms with E-state index in [0.717, 1.165) is 37.3 Å². The van der Waals surface area contributed by atoms with Crippen LogP contribution in [-0.4, -0.2) is 54.6 Å². The Morgan fingerprint density at radius 1 is 0.969 bits per heavy atom. The first-order valence-corrected chi connectivity index (χ1v) is 15.0. The lowest BCUT2D eigenvalue weighted by Gasteiger charge is -2.35. The molecule has 6 nitrogen and oxygen atoms in total. The van der Waals surface area contributed by atoms with Gasteiger partial charge in [0.1, 0.15) is 16.5 Å². The minimum Gasteiger partial charge on any atom is -0.353 e. The number of hydrogen-bond acceptors (Lipinski definition) is 6. The molecule has 176 valence electrons. The van der Waals surface area contributed by atoms with Crippen LogP contribution in [0.4, 0.5) is 5.82 Å². The first-order valence-electron chi connectivity index (χ1n) is 12.6. The van der Waals surface area contributed by atoms with Crippen molar-refractivity contribution in [2.24, 2.45) is 0 Å². The molecule has 0 bridgehead atoms. The second kappa shape index (κ2) is 9.55. The van der Waals surface area contributed by atoms with Crippen LogP contribution >= 0.6 is 11.3 Å². The fourth-order valence-electron chi connectivity index (χ4n) is 5.56. The monoisotopic (exact) mass is 476 g/mol. The summed E-state index contributed by atoms with van der Waals surface area (Å²) in [5, 5.41) is 1.27. The van der Waals surface area contributed by atoms with Gasteiger partial charge in [-0.1, -0.05) is 32.6 Å². The molecule has 1 saturated carbocycles. The number of piperazine rings is 1. The molecule has 0 radical (unpaired) electrons. The van der Waals surface area contributed by atoms with E-state index in [-0.39, 0.29) is 5.75 Å². The van der Waals surface area contributed by atoms with Gasteiger partial charge < -0.3 is 4.90 Å². The van der Waals surface area contributed by atoms with Crippen LogP contribution in [0.2, 0.25) is 0 Å². The molecule has 8 heteroatoms. The van der Waals surface area contributed by atoms with E-state index in [2.05, 4.69) is 4.90 Å². The topological polar surface area (TPSA) is 66.4 Å². The van der Waals surface area contributed by atoms with Crippen LogP contribution in [0, 0.1) is 0 Å². The molecule has 2 fully saturated rings. The van der Waals surface area contributed by atoms with Gasteiger partial charge in [-0.25, -0.2) is 18.4 Å². The molecule has 1 saturated heterocycles. The van der Waals surface area contributed by atoms with Crippen molar-refractivity contribution in [2.75, 3.05) is 36.8 Å². The highest BCUT2D eigenvalue weighted by atomic mass is 32.2. The third-order valence-electron chi connectivity index (χ3n) is 7.47. The fourth-order valence-corrected chi connectivity index (χ4v) is 8.45. The Morgan fingerprint density at radius 2 is 1.72 bits per heavy atom. The van der Waals surface area contributed by atoms with Crippen molar-refractivity contribution in [1.82, 2.24) is 14.3 Å². The van der Waals surface area contributed by atoms with Gasteiger partial charge in [0.25, 0.3) is 0 Å². The number of hydrogen-bond donors (Lipinski definition) is 0. The summed E-state index contributed by atoms with van der Waals surface area (Å²) in [7, 11) is -3.15. The van der Waals surface area contributed by atoms with E-state index in [9.17, 15) is 8.42 Å². The summed E-state index contributed by atoms with van der Waals surface area (Å²) < 4.78 is 27.1. The van der Waals surface area contributed by atoms with Crippen molar-refractivity contribution in [3.63, 3.8) is 0 Å². The Morgan fingerprint density at radius 3 is 2.47 bits per heavy atom. The predicted molar refractivity (Wildman–Crippen MR) is 132 cm³/mol. The number of aromatic nitrogens is 2. The average molecular weight is 477 g/mol. The summed E-state index contributed by atoms with van der Waals surface area (Å²) >= 11 is 1.89. The predicted octanol–water partition coefficient (Wildman–Crippen LogP) is 4.87. The van der Waals surface area contributed by atoms with E-state index in [1.54, 1.807) is 4.31 Å². The molecular weight excluding hydrogens is 440 g/mol. The van der Waals surface area contributed by atoms with Crippen LogP contribution in [-0.2, 0) is 22.9 Å².